The molecule has 0 aromatic carbocycles. The van der Waals surface area contributed by atoms with E-state index in [2.05, 4.69) is 0 Å². The summed E-state index contributed by atoms with van der Waals surface area (Å²) in [5.74, 6) is 0.119. The predicted molar refractivity (Wildman–Crippen MR) is 64.0 cm³/mol. The van der Waals surface area contributed by atoms with Crippen molar-refractivity contribution < 1.29 is 9.53 Å². The highest BCUT2D eigenvalue weighted by atomic mass is 16.5. The Bertz CT molecular complexity index is 231. The first-order valence-corrected chi connectivity index (χ1v) is 6.13. The van der Waals surface area contributed by atoms with Crippen LogP contribution in [0.2, 0.25) is 0 Å². The molecule has 0 radical (unpaired) electrons. The zero-order valence-electron chi connectivity index (χ0n) is 10.6. The average molecular weight is 228 g/mol. The quantitative estimate of drug-likeness (QED) is 0.781. The summed E-state index contributed by atoms with van der Waals surface area (Å²) >= 11 is 0. The Balaban J connectivity index is 2.63. The summed E-state index contributed by atoms with van der Waals surface area (Å²) in [7, 11) is 1.63. The molecule has 1 heterocycles. The van der Waals surface area contributed by atoms with Crippen molar-refractivity contribution in [3.05, 3.63) is 0 Å². The smallest absolute Gasteiger partial charge is 0.228 e. The van der Waals surface area contributed by atoms with E-state index < -0.39 is 0 Å². The van der Waals surface area contributed by atoms with Gasteiger partial charge in [-0.2, -0.15) is 0 Å². The molecule has 1 fully saturated rings. The number of carbonyl (C=O) groups excluding carboxylic acids is 1. The molecular weight excluding hydrogens is 204 g/mol. The Morgan fingerprint density at radius 2 is 2.19 bits per heavy atom. The summed E-state index contributed by atoms with van der Waals surface area (Å²) in [5.41, 5.74) is 5.94. The average Bonchev–Trinajstić information content (AvgIpc) is 2.28. The van der Waals surface area contributed by atoms with Gasteiger partial charge in [0.1, 0.15) is 0 Å². The normalized spacial score (nSPS) is 25.2. The molecule has 0 aromatic rings. The Morgan fingerprint density at radius 1 is 1.50 bits per heavy atom. The summed E-state index contributed by atoms with van der Waals surface area (Å²) in [6.07, 6.45) is 3.30. The molecule has 1 rings (SSSR count). The second kappa shape index (κ2) is 6.21. The minimum atomic E-state index is -0.0654. The minimum absolute atomic E-state index is 0.0546. The minimum Gasteiger partial charge on any atom is -0.384 e. The fraction of sp³-hybridized carbons (Fsp3) is 0.917. The molecule has 1 aliphatic heterocycles. The molecule has 0 bridgehead atoms. The number of nitrogens with zero attached hydrogens (tertiary/aromatic N) is 1. The maximum atomic E-state index is 12.2. The van der Waals surface area contributed by atoms with Crippen LogP contribution in [-0.4, -0.2) is 43.2 Å². The molecule has 0 spiro atoms. The van der Waals surface area contributed by atoms with Crippen LogP contribution in [0.5, 0.6) is 0 Å². The Morgan fingerprint density at radius 3 is 2.75 bits per heavy atom. The molecule has 0 saturated carbocycles. The van der Waals surface area contributed by atoms with E-state index in [1.165, 1.54) is 6.42 Å². The van der Waals surface area contributed by atoms with E-state index in [1.54, 1.807) is 7.11 Å². The first-order chi connectivity index (χ1) is 7.57. The number of likely N-dealkylation sites (tertiary alicyclic amines) is 1. The molecule has 1 aliphatic rings. The van der Waals surface area contributed by atoms with E-state index in [0.717, 1.165) is 19.4 Å². The van der Waals surface area contributed by atoms with Gasteiger partial charge < -0.3 is 15.4 Å². The number of hydrogen-bond acceptors (Lipinski definition) is 3. The van der Waals surface area contributed by atoms with E-state index in [0.29, 0.717) is 6.61 Å². The van der Waals surface area contributed by atoms with Crippen LogP contribution in [0.4, 0.5) is 0 Å². The van der Waals surface area contributed by atoms with Gasteiger partial charge in [-0.15, -0.1) is 0 Å². The van der Waals surface area contributed by atoms with Gasteiger partial charge in [-0.05, 0) is 26.2 Å². The number of hydrogen-bond donors (Lipinski definition) is 1. The summed E-state index contributed by atoms with van der Waals surface area (Å²) in [6.45, 7) is 5.23. The van der Waals surface area contributed by atoms with Gasteiger partial charge in [0, 0.05) is 25.7 Å². The van der Waals surface area contributed by atoms with Crippen LogP contribution in [0.3, 0.4) is 0 Å². The van der Waals surface area contributed by atoms with Crippen molar-refractivity contribution in [1.29, 1.82) is 0 Å². The topological polar surface area (TPSA) is 55.6 Å². The van der Waals surface area contributed by atoms with Crippen molar-refractivity contribution >= 4 is 5.91 Å². The van der Waals surface area contributed by atoms with Crippen molar-refractivity contribution in [2.24, 2.45) is 11.7 Å². The summed E-state index contributed by atoms with van der Waals surface area (Å²) in [4.78, 5) is 14.1. The van der Waals surface area contributed by atoms with Crippen LogP contribution in [0.25, 0.3) is 0 Å². The highest BCUT2D eigenvalue weighted by Gasteiger charge is 2.31. The summed E-state index contributed by atoms with van der Waals surface area (Å²) < 4.78 is 5.03. The van der Waals surface area contributed by atoms with E-state index in [9.17, 15) is 4.79 Å². The van der Waals surface area contributed by atoms with Crippen LogP contribution in [0.15, 0.2) is 0 Å². The van der Waals surface area contributed by atoms with Gasteiger partial charge in [0.05, 0.1) is 12.5 Å². The maximum absolute atomic E-state index is 12.2. The molecule has 2 N–H and O–H groups in total. The molecule has 1 saturated heterocycles. The van der Waals surface area contributed by atoms with Gasteiger partial charge in [-0.1, -0.05) is 6.92 Å². The summed E-state index contributed by atoms with van der Waals surface area (Å²) in [6, 6.07) is 0.263. The molecule has 4 nitrogen and oxygen atoms in total. The first-order valence-electron chi connectivity index (χ1n) is 6.13. The van der Waals surface area contributed by atoms with E-state index in [4.69, 9.17) is 10.5 Å². The zero-order chi connectivity index (χ0) is 12.1. The first kappa shape index (κ1) is 13.5. The second-order valence-corrected chi connectivity index (χ2v) is 4.81. The SMILES string of the molecule is COCC(C)C(=O)N1CCCCC1C(C)N. The fourth-order valence-electron chi connectivity index (χ4n) is 2.38. The van der Waals surface area contributed by atoms with Crippen LogP contribution in [-0.2, 0) is 9.53 Å². The lowest BCUT2D eigenvalue weighted by molar-refractivity contribution is -0.140. The molecule has 94 valence electrons. The fourth-order valence-corrected chi connectivity index (χ4v) is 2.38. The van der Waals surface area contributed by atoms with Gasteiger partial charge in [0.15, 0.2) is 0 Å². The standard InChI is InChI=1S/C12H24N2O2/c1-9(8-16-3)12(15)14-7-5-4-6-11(14)10(2)13/h9-11H,4-8,13H2,1-3H3. The Kier molecular flexibility index (Phi) is 5.22. The van der Waals surface area contributed by atoms with Crippen molar-refractivity contribution in [3.8, 4) is 0 Å². The number of methoxy groups -OCH3 is 1. The zero-order valence-corrected chi connectivity index (χ0v) is 10.6. The molecule has 3 unspecified atom stereocenters. The summed E-state index contributed by atoms with van der Waals surface area (Å²) in [5, 5.41) is 0. The largest absolute Gasteiger partial charge is 0.384 e. The number of ether oxygens (including phenoxy) is 1. The lowest BCUT2D eigenvalue weighted by Crippen LogP contribution is -2.53. The van der Waals surface area contributed by atoms with Crippen molar-refractivity contribution in [2.75, 3.05) is 20.3 Å². The number of carbonyl (C=O) groups is 1. The second-order valence-electron chi connectivity index (χ2n) is 4.81. The van der Waals surface area contributed by atoms with Crippen molar-refractivity contribution in [2.45, 2.75) is 45.2 Å². The number of rotatable bonds is 4. The van der Waals surface area contributed by atoms with Crippen LogP contribution >= 0.6 is 0 Å². The van der Waals surface area contributed by atoms with Crippen molar-refractivity contribution in [1.82, 2.24) is 4.90 Å². The maximum Gasteiger partial charge on any atom is 0.228 e. The van der Waals surface area contributed by atoms with Gasteiger partial charge in [0.2, 0.25) is 5.91 Å². The van der Waals surface area contributed by atoms with Gasteiger partial charge in [0.25, 0.3) is 0 Å². The number of amides is 1. The monoisotopic (exact) mass is 228 g/mol. The third-order valence-corrected chi connectivity index (χ3v) is 3.28. The van der Waals surface area contributed by atoms with E-state index >= 15 is 0 Å². The predicted octanol–water partition coefficient (Wildman–Crippen LogP) is 0.997. The molecule has 0 aliphatic carbocycles. The number of piperidine rings is 1. The third-order valence-electron chi connectivity index (χ3n) is 3.28. The van der Waals surface area contributed by atoms with Crippen LogP contribution in [0.1, 0.15) is 33.1 Å². The molecular formula is C12H24N2O2. The lowest BCUT2D eigenvalue weighted by Gasteiger charge is -2.39. The Hall–Kier alpha value is -0.610. The van der Waals surface area contributed by atoms with E-state index in [-0.39, 0.29) is 23.9 Å². The van der Waals surface area contributed by atoms with Gasteiger partial charge >= 0.3 is 0 Å². The van der Waals surface area contributed by atoms with Gasteiger partial charge in [-0.25, -0.2) is 0 Å². The van der Waals surface area contributed by atoms with Crippen LogP contribution in [0, 0.1) is 5.92 Å². The molecule has 4 heteroatoms. The van der Waals surface area contributed by atoms with Gasteiger partial charge in [-0.3, -0.25) is 4.79 Å². The third kappa shape index (κ3) is 3.19. The Labute approximate surface area is 98.1 Å². The lowest BCUT2D eigenvalue weighted by atomic mass is 9.95. The molecule has 3 atom stereocenters. The van der Waals surface area contributed by atoms with Crippen LogP contribution < -0.4 is 5.73 Å². The molecule has 16 heavy (non-hydrogen) atoms. The van der Waals surface area contributed by atoms with Crippen molar-refractivity contribution in [3.63, 3.8) is 0 Å². The van der Waals surface area contributed by atoms with E-state index in [1.807, 2.05) is 18.7 Å². The number of nitrogens with two attached hydrogens (primary N) is 1. The highest BCUT2D eigenvalue weighted by molar-refractivity contribution is 5.79. The highest BCUT2D eigenvalue weighted by Crippen LogP contribution is 2.21. The molecule has 1 amide bonds. The molecule has 0 aromatic heterocycles.